The lowest BCUT2D eigenvalue weighted by molar-refractivity contribution is 0.242. The zero-order chi connectivity index (χ0) is 16.4. The molecule has 0 unspecified atom stereocenters. The molecule has 0 aliphatic heterocycles. The molecule has 1 aromatic rings. The Bertz CT molecular complexity index is 618. The van der Waals surface area contributed by atoms with Crippen LogP contribution in [0.1, 0.15) is 13.8 Å². The lowest BCUT2D eigenvalue weighted by Gasteiger charge is -2.28. The van der Waals surface area contributed by atoms with Crippen LogP contribution in [0.3, 0.4) is 0 Å². The van der Waals surface area contributed by atoms with Gasteiger partial charge in [0.2, 0.25) is 10.0 Å². The smallest absolute Gasteiger partial charge is 0.242 e. The second-order valence-corrected chi connectivity index (χ2v) is 8.17. The van der Waals surface area contributed by atoms with Crippen LogP contribution in [0.4, 0.5) is 10.1 Å². The molecule has 5 nitrogen and oxygen atoms in total. The van der Waals surface area contributed by atoms with Crippen LogP contribution in [0.15, 0.2) is 17.0 Å². The first-order valence-corrected chi connectivity index (χ1v) is 8.20. The van der Waals surface area contributed by atoms with Gasteiger partial charge in [-0.25, -0.2) is 17.5 Å². The maximum Gasteiger partial charge on any atom is 0.242 e. The molecule has 1 rings (SSSR count). The molecule has 3 N–H and O–H groups in total. The fourth-order valence-electron chi connectivity index (χ4n) is 2.03. The summed E-state index contributed by atoms with van der Waals surface area (Å²) in [4.78, 5) is 1.75. The van der Waals surface area contributed by atoms with Crippen LogP contribution in [0.2, 0.25) is 5.02 Å². The molecule has 0 saturated heterocycles. The van der Waals surface area contributed by atoms with Gasteiger partial charge >= 0.3 is 0 Å². The summed E-state index contributed by atoms with van der Waals surface area (Å²) in [5.41, 5.74) is 4.88. The van der Waals surface area contributed by atoms with Crippen LogP contribution in [-0.2, 0) is 10.0 Å². The Kier molecular flexibility index (Phi) is 5.60. The summed E-state index contributed by atoms with van der Waals surface area (Å²) in [5.74, 6) is -0.744. The van der Waals surface area contributed by atoms with Crippen molar-refractivity contribution in [3.05, 3.63) is 23.0 Å². The molecule has 0 aliphatic rings. The molecule has 0 saturated carbocycles. The third kappa shape index (κ3) is 5.10. The number of sulfonamides is 1. The Morgan fingerprint density at radius 3 is 2.48 bits per heavy atom. The normalized spacial score (nSPS) is 12.9. The molecule has 0 amide bonds. The van der Waals surface area contributed by atoms with Gasteiger partial charge < -0.3 is 10.6 Å². The third-order valence-corrected chi connectivity index (χ3v) is 4.69. The minimum atomic E-state index is -3.85. The van der Waals surface area contributed by atoms with Gasteiger partial charge in [0.05, 0.1) is 10.7 Å². The number of hydrogen-bond donors (Lipinski definition) is 2. The largest absolute Gasteiger partial charge is 0.396 e. The Labute approximate surface area is 130 Å². The number of benzene rings is 1. The summed E-state index contributed by atoms with van der Waals surface area (Å²) >= 11 is 5.80. The minimum Gasteiger partial charge on any atom is -0.396 e. The summed E-state index contributed by atoms with van der Waals surface area (Å²) < 4.78 is 40.3. The number of nitrogens with one attached hydrogen (secondary N) is 1. The number of rotatable bonds is 6. The van der Waals surface area contributed by atoms with E-state index in [2.05, 4.69) is 4.72 Å². The van der Waals surface area contributed by atoms with Crippen molar-refractivity contribution in [1.82, 2.24) is 9.62 Å². The van der Waals surface area contributed by atoms with Crippen LogP contribution >= 0.6 is 11.6 Å². The number of nitrogen functional groups attached to an aromatic ring is 1. The molecule has 0 radical (unpaired) electrons. The van der Waals surface area contributed by atoms with Gasteiger partial charge in [-0.2, -0.15) is 0 Å². The molecular formula is C13H21ClFN3O2S. The van der Waals surface area contributed by atoms with Gasteiger partial charge in [-0.15, -0.1) is 0 Å². The highest BCUT2D eigenvalue weighted by Gasteiger charge is 2.25. The number of halogens is 2. The van der Waals surface area contributed by atoms with Gasteiger partial charge in [0.25, 0.3) is 0 Å². The second kappa shape index (κ2) is 6.48. The van der Waals surface area contributed by atoms with Gasteiger partial charge in [-0.05, 0) is 31.6 Å². The summed E-state index contributed by atoms with van der Waals surface area (Å²) in [5, 5.41) is -0.195. The Morgan fingerprint density at radius 1 is 1.38 bits per heavy atom. The van der Waals surface area contributed by atoms with E-state index in [1.807, 2.05) is 32.8 Å². The zero-order valence-corrected chi connectivity index (χ0v) is 14.1. The van der Waals surface area contributed by atoms with Crippen LogP contribution in [-0.4, -0.2) is 40.5 Å². The van der Waals surface area contributed by atoms with E-state index >= 15 is 0 Å². The molecule has 1 aromatic carbocycles. The molecule has 0 aliphatic carbocycles. The summed E-state index contributed by atoms with van der Waals surface area (Å²) in [6.07, 6.45) is 0. The van der Waals surface area contributed by atoms with Crippen molar-refractivity contribution < 1.29 is 12.8 Å². The predicted octanol–water partition coefficient (Wildman–Crippen LogP) is 1.93. The topological polar surface area (TPSA) is 75.4 Å². The van der Waals surface area contributed by atoms with Crippen molar-refractivity contribution in [3.8, 4) is 0 Å². The maximum atomic E-state index is 13.2. The van der Waals surface area contributed by atoms with Gasteiger partial charge in [0.15, 0.2) is 0 Å². The van der Waals surface area contributed by atoms with Gasteiger partial charge in [0.1, 0.15) is 10.7 Å². The number of anilines is 1. The molecule has 0 spiro atoms. The molecule has 8 heteroatoms. The molecule has 0 bridgehead atoms. The minimum absolute atomic E-state index is 0.195. The Morgan fingerprint density at radius 2 is 1.95 bits per heavy atom. The Hall–Kier alpha value is -0.890. The van der Waals surface area contributed by atoms with Gasteiger partial charge in [0, 0.05) is 13.1 Å². The standard InChI is InChI=1S/C13H21ClFN3O2S/c1-13(2,8-18(3)4)7-17-21(19,20)12-6-11(16)10(15)5-9(12)14/h5-6,17H,7-8,16H2,1-4H3. The number of nitrogens with two attached hydrogens (primary N) is 1. The SMILES string of the molecule is CN(C)CC(C)(C)CNS(=O)(=O)c1cc(N)c(F)cc1Cl. The highest BCUT2D eigenvalue weighted by molar-refractivity contribution is 7.89. The lowest BCUT2D eigenvalue weighted by atomic mass is 9.93. The van der Waals surface area contributed by atoms with E-state index in [-0.39, 0.29) is 27.6 Å². The first-order chi connectivity index (χ1) is 9.44. The van der Waals surface area contributed by atoms with E-state index in [1.165, 1.54) is 0 Å². The molecule has 0 aromatic heterocycles. The summed E-state index contributed by atoms with van der Waals surface area (Å²) in [7, 11) is -0.0253. The van der Waals surface area contributed by atoms with Gasteiger partial charge in [-0.1, -0.05) is 25.4 Å². The Balaban J connectivity index is 2.95. The summed E-state index contributed by atoms with van der Waals surface area (Å²) in [6, 6.07) is 1.93. The van der Waals surface area contributed by atoms with Crippen molar-refractivity contribution in [1.29, 1.82) is 0 Å². The van der Waals surface area contributed by atoms with Gasteiger partial charge in [-0.3, -0.25) is 0 Å². The van der Waals surface area contributed by atoms with Crippen molar-refractivity contribution in [2.45, 2.75) is 18.7 Å². The number of nitrogens with zero attached hydrogens (tertiary/aromatic N) is 1. The summed E-state index contributed by atoms with van der Waals surface area (Å²) in [6.45, 7) is 4.81. The lowest BCUT2D eigenvalue weighted by Crippen LogP contribution is -2.40. The van der Waals surface area contributed by atoms with Crippen LogP contribution in [0.5, 0.6) is 0 Å². The van der Waals surface area contributed by atoms with Crippen molar-refractivity contribution in [2.24, 2.45) is 5.41 Å². The zero-order valence-electron chi connectivity index (χ0n) is 12.6. The van der Waals surface area contributed by atoms with E-state index in [1.54, 1.807) is 0 Å². The van der Waals surface area contributed by atoms with Crippen molar-refractivity contribution in [3.63, 3.8) is 0 Å². The van der Waals surface area contributed by atoms with E-state index in [0.29, 0.717) is 6.54 Å². The molecular weight excluding hydrogens is 317 g/mol. The predicted molar refractivity (Wildman–Crippen MR) is 83.3 cm³/mol. The monoisotopic (exact) mass is 337 g/mol. The van der Waals surface area contributed by atoms with Crippen molar-refractivity contribution >= 4 is 27.3 Å². The fourth-order valence-corrected chi connectivity index (χ4v) is 3.82. The van der Waals surface area contributed by atoms with Crippen molar-refractivity contribution in [2.75, 3.05) is 32.9 Å². The molecule has 0 heterocycles. The number of hydrogen-bond acceptors (Lipinski definition) is 4. The van der Waals surface area contributed by atoms with Crippen LogP contribution in [0, 0.1) is 11.2 Å². The van der Waals surface area contributed by atoms with E-state index in [4.69, 9.17) is 17.3 Å². The first-order valence-electron chi connectivity index (χ1n) is 6.33. The highest BCUT2D eigenvalue weighted by Crippen LogP contribution is 2.26. The molecule has 0 atom stereocenters. The molecule has 120 valence electrons. The average Bonchev–Trinajstić information content (AvgIpc) is 2.30. The second-order valence-electron chi connectivity index (χ2n) is 6.03. The quantitative estimate of drug-likeness (QED) is 0.778. The third-order valence-electron chi connectivity index (χ3n) is 2.83. The first kappa shape index (κ1) is 18.2. The van der Waals surface area contributed by atoms with Crippen LogP contribution < -0.4 is 10.5 Å². The van der Waals surface area contributed by atoms with E-state index in [9.17, 15) is 12.8 Å². The molecule has 0 fully saturated rings. The maximum absolute atomic E-state index is 13.2. The van der Waals surface area contributed by atoms with E-state index in [0.717, 1.165) is 12.1 Å². The average molecular weight is 338 g/mol. The van der Waals surface area contributed by atoms with Crippen LogP contribution in [0.25, 0.3) is 0 Å². The van der Waals surface area contributed by atoms with E-state index < -0.39 is 15.8 Å². The molecule has 21 heavy (non-hydrogen) atoms. The highest BCUT2D eigenvalue weighted by atomic mass is 35.5. The fraction of sp³-hybridized carbons (Fsp3) is 0.538.